The maximum absolute atomic E-state index is 10.8. The Morgan fingerprint density at radius 3 is 2.58 bits per heavy atom. The number of nitrogens with two attached hydrogens (primary N) is 1. The van der Waals surface area contributed by atoms with E-state index >= 15 is 0 Å². The minimum Gasteiger partial charge on any atom is -1.00 e. The summed E-state index contributed by atoms with van der Waals surface area (Å²) in [5, 5.41) is 0. The normalized spacial score (nSPS) is 8.83. The topological polar surface area (TPSA) is 47.0 Å². The summed E-state index contributed by atoms with van der Waals surface area (Å²) in [6.07, 6.45) is 3.60. The molecule has 0 aliphatic carbocycles. The summed E-state index contributed by atoms with van der Waals surface area (Å²) in [5.74, 6) is -0.376. The van der Waals surface area contributed by atoms with Gasteiger partial charge in [0.15, 0.2) is 12.4 Å². The second-order valence-electron chi connectivity index (χ2n) is 2.57. The van der Waals surface area contributed by atoms with E-state index in [1.165, 1.54) is 0 Å². The van der Waals surface area contributed by atoms with Gasteiger partial charge in [-0.1, -0.05) is 0 Å². The molecule has 0 atom stereocenters. The van der Waals surface area contributed by atoms with Gasteiger partial charge in [0, 0.05) is 6.07 Å². The number of halogens is 1. The van der Waals surface area contributed by atoms with E-state index in [1.807, 2.05) is 26.2 Å². The molecule has 12 heavy (non-hydrogen) atoms. The number of hydrogen-bond donors (Lipinski definition) is 1. The van der Waals surface area contributed by atoms with Crippen LogP contribution in [0.1, 0.15) is 15.9 Å². The van der Waals surface area contributed by atoms with Gasteiger partial charge >= 0.3 is 0 Å². The van der Waals surface area contributed by atoms with Crippen molar-refractivity contribution in [2.24, 2.45) is 12.8 Å². The van der Waals surface area contributed by atoms with Crippen LogP contribution in [0, 0.1) is 6.92 Å². The predicted molar refractivity (Wildman–Crippen MR) is 40.9 cm³/mol. The second-order valence-corrected chi connectivity index (χ2v) is 2.57. The summed E-state index contributed by atoms with van der Waals surface area (Å²) >= 11 is 0. The maximum Gasteiger partial charge on any atom is 0.255 e. The molecule has 0 aliphatic rings. The number of aryl methyl sites for hydroxylation is 2. The lowest BCUT2D eigenvalue weighted by atomic mass is 10.1. The van der Waals surface area contributed by atoms with Gasteiger partial charge in [-0.05, 0) is 12.5 Å². The highest BCUT2D eigenvalue weighted by molar-refractivity contribution is 5.93. The van der Waals surface area contributed by atoms with Gasteiger partial charge in [-0.2, -0.15) is 0 Å². The number of aromatic nitrogens is 1. The first kappa shape index (κ1) is 10.9. The zero-order valence-electron chi connectivity index (χ0n) is 7.04. The van der Waals surface area contributed by atoms with E-state index in [-0.39, 0.29) is 18.3 Å². The van der Waals surface area contributed by atoms with E-state index in [0.717, 1.165) is 5.56 Å². The number of hydrogen-bond acceptors (Lipinski definition) is 1. The number of carbonyl (C=O) groups excluding carboxylic acids is 1. The van der Waals surface area contributed by atoms with Crippen LogP contribution in [0.2, 0.25) is 0 Å². The molecule has 0 unspecified atom stereocenters. The molecule has 0 fully saturated rings. The van der Waals surface area contributed by atoms with Crippen LogP contribution in [-0.4, -0.2) is 5.91 Å². The molecule has 1 aromatic heterocycles. The summed E-state index contributed by atoms with van der Waals surface area (Å²) in [6.45, 7) is 1.86. The number of primary amides is 1. The Bertz CT molecular complexity index is 299. The van der Waals surface area contributed by atoms with Crippen molar-refractivity contribution in [3.8, 4) is 0 Å². The minimum absolute atomic E-state index is 0. The van der Waals surface area contributed by atoms with E-state index in [9.17, 15) is 4.79 Å². The lowest BCUT2D eigenvalue weighted by Crippen LogP contribution is -3.00. The Balaban J connectivity index is 0.00000121. The Hall–Kier alpha value is -1.09. The molecule has 0 spiro atoms. The molecule has 3 nitrogen and oxygen atoms in total. The molecule has 1 heterocycles. The average Bonchev–Trinajstić information content (AvgIpc) is 1.94. The van der Waals surface area contributed by atoms with Crippen LogP contribution in [0.5, 0.6) is 0 Å². The third kappa shape index (κ3) is 2.20. The Kier molecular flexibility index (Phi) is 3.70. The number of nitrogens with zero attached hydrogens (tertiary/aromatic N) is 1. The molecular weight excluding hydrogens is 176 g/mol. The van der Waals surface area contributed by atoms with E-state index in [0.29, 0.717) is 5.56 Å². The minimum atomic E-state index is -0.376. The van der Waals surface area contributed by atoms with Gasteiger partial charge < -0.3 is 18.1 Å². The van der Waals surface area contributed by atoms with E-state index < -0.39 is 0 Å². The van der Waals surface area contributed by atoms with Gasteiger partial charge in [0.25, 0.3) is 5.91 Å². The molecule has 2 N–H and O–H groups in total. The highest BCUT2D eigenvalue weighted by Gasteiger charge is 2.07. The fourth-order valence-corrected chi connectivity index (χ4v) is 0.926. The fraction of sp³-hybridized carbons (Fsp3) is 0.250. The first-order valence-electron chi connectivity index (χ1n) is 3.37. The van der Waals surface area contributed by atoms with Crippen LogP contribution in [0.3, 0.4) is 0 Å². The molecule has 1 amide bonds. The third-order valence-electron chi connectivity index (χ3n) is 1.58. The molecule has 0 saturated carbocycles. The quantitative estimate of drug-likeness (QED) is 0.465. The van der Waals surface area contributed by atoms with Crippen molar-refractivity contribution < 1.29 is 21.8 Å². The van der Waals surface area contributed by atoms with Crippen molar-refractivity contribution in [1.82, 2.24) is 0 Å². The van der Waals surface area contributed by atoms with Gasteiger partial charge in [0.2, 0.25) is 0 Å². The van der Waals surface area contributed by atoms with E-state index in [4.69, 9.17) is 5.73 Å². The van der Waals surface area contributed by atoms with E-state index in [1.54, 1.807) is 10.8 Å². The summed E-state index contributed by atoms with van der Waals surface area (Å²) < 4.78 is 1.80. The summed E-state index contributed by atoms with van der Waals surface area (Å²) in [7, 11) is 1.85. The Labute approximate surface area is 77.6 Å². The van der Waals surface area contributed by atoms with Crippen LogP contribution in [-0.2, 0) is 7.05 Å². The second kappa shape index (κ2) is 4.07. The lowest BCUT2D eigenvalue weighted by Gasteiger charge is -1.96. The molecule has 1 aromatic rings. The number of carbonyl (C=O) groups is 1. The van der Waals surface area contributed by atoms with Crippen LogP contribution in [0.25, 0.3) is 0 Å². The molecule has 0 bridgehead atoms. The summed E-state index contributed by atoms with van der Waals surface area (Å²) in [6, 6.07) is 1.86. The van der Waals surface area contributed by atoms with Crippen molar-refractivity contribution in [2.45, 2.75) is 6.92 Å². The highest BCUT2D eigenvalue weighted by atomic mass is 35.5. The van der Waals surface area contributed by atoms with Crippen molar-refractivity contribution in [1.29, 1.82) is 0 Å². The summed E-state index contributed by atoms with van der Waals surface area (Å²) in [4.78, 5) is 10.8. The summed E-state index contributed by atoms with van der Waals surface area (Å²) in [5.41, 5.74) is 6.62. The molecule has 0 aromatic carbocycles. The first-order valence-corrected chi connectivity index (χ1v) is 3.37. The predicted octanol–water partition coefficient (Wildman–Crippen LogP) is -3.08. The number of rotatable bonds is 1. The smallest absolute Gasteiger partial charge is 0.255 e. The standard InChI is InChI=1S/C8H10N2O.ClH/c1-6-3-4-10(2)5-7(6)8(9)11;/h3-5H,1-2H3,(H-,9,11);1H. The molecule has 66 valence electrons. The molecule has 0 saturated heterocycles. The SMILES string of the molecule is Cc1cc[n+](C)cc1C(N)=O.[Cl-]. The fourth-order valence-electron chi connectivity index (χ4n) is 0.926. The van der Waals surface area contributed by atoms with Gasteiger partial charge in [-0.25, -0.2) is 4.57 Å². The van der Waals surface area contributed by atoms with Gasteiger partial charge in [0.1, 0.15) is 12.6 Å². The number of amides is 1. The van der Waals surface area contributed by atoms with Crippen molar-refractivity contribution in [3.63, 3.8) is 0 Å². The van der Waals surface area contributed by atoms with Crippen LogP contribution >= 0.6 is 0 Å². The Morgan fingerprint density at radius 1 is 1.58 bits per heavy atom. The molecule has 4 heteroatoms. The monoisotopic (exact) mass is 186 g/mol. The molecule has 1 rings (SSSR count). The zero-order valence-corrected chi connectivity index (χ0v) is 7.80. The van der Waals surface area contributed by atoms with Crippen molar-refractivity contribution >= 4 is 5.91 Å². The largest absolute Gasteiger partial charge is 1.00 e. The van der Waals surface area contributed by atoms with Gasteiger partial charge in [-0.3, -0.25) is 4.79 Å². The Morgan fingerprint density at radius 2 is 2.17 bits per heavy atom. The highest BCUT2D eigenvalue weighted by Crippen LogP contribution is 2.01. The van der Waals surface area contributed by atoms with Crippen LogP contribution < -0.4 is 22.7 Å². The van der Waals surface area contributed by atoms with Crippen molar-refractivity contribution in [3.05, 3.63) is 29.6 Å². The van der Waals surface area contributed by atoms with E-state index in [2.05, 4.69) is 0 Å². The zero-order chi connectivity index (χ0) is 8.43. The number of pyridine rings is 1. The third-order valence-corrected chi connectivity index (χ3v) is 1.58. The van der Waals surface area contributed by atoms with Crippen molar-refractivity contribution in [2.75, 3.05) is 0 Å². The van der Waals surface area contributed by atoms with Crippen LogP contribution in [0.4, 0.5) is 0 Å². The molecule has 0 aliphatic heterocycles. The first-order chi connectivity index (χ1) is 5.11. The van der Waals surface area contributed by atoms with Gasteiger partial charge in [0.05, 0.1) is 0 Å². The molecule has 0 radical (unpaired) electrons. The lowest BCUT2D eigenvalue weighted by molar-refractivity contribution is -0.671. The molecular formula is C8H11ClN2O. The van der Waals surface area contributed by atoms with Gasteiger partial charge in [-0.15, -0.1) is 0 Å². The maximum atomic E-state index is 10.8. The average molecular weight is 187 g/mol. The van der Waals surface area contributed by atoms with Crippen LogP contribution in [0.15, 0.2) is 18.5 Å².